The fraction of sp³-hybridized carbons (Fsp3) is 0.500. The molecule has 2 fully saturated rings. The van der Waals surface area contributed by atoms with Crippen molar-refractivity contribution in [3.63, 3.8) is 0 Å². The summed E-state index contributed by atoms with van der Waals surface area (Å²) in [6, 6.07) is 4.42. The molecule has 0 atom stereocenters. The van der Waals surface area contributed by atoms with E-state index in [0.717, 1.165) is 58.7 Å². The molecule has 2 aliphatic heterocycles. The van der Waals surface area contributed by atoms with Crippen LogP contribution in [0.3, 0.4) is 0 Å². The van der Waals surface area contributed by atoms with Crippen molar-refractivity contribution >= 4 is 46.1 Å². The molecule has 4 heterocycles. The molecule has 0 radical (unpaired) electrons. The largest absolute Gasteiger partial charge is 0.465 e. The van der Waals surface area contributed by atoms with E-state index in [1.54, 1.807) is 12.3 Å². The minimum absolute atomic E-state index is 0.0325. The number of nitrogens with one attached hydrogen (secondary N) is 1. The van der Waals surface area contributed by atoms with Crippen molar-refractivity contribution in [1.29, 1.82) is 0 Å². The molecular weight excluding hydrogens is 511 g/mol. The number of piperazine rings is 1. The number of halogens is 2. The van der Waals surface area contributed by atoms with Crippen LogP contribution in [0.1, 0.15) is 19.8 Å². The molecular formula is C26H32ClFN8O2. The second-order valence-corrected chi connectivity index (χ2v) is 10.1. The van der Waals surface area contributed by atoms with Gasteiger partial charge in [0.25, 0.3) is 0 Å². The van der Waals surface area contributed by atoms with Crippen LogP contribution in [-0.2, 0) is 9.53 Å². The second-order valence-electron chi connectivity index (χ2n) is 9.69. The summed E-state index contributed by atoms with van der Waals surface area (Å²) in [5.74, 6) is 1.16. The van der Waals surface area contributed by atoms with Gasteiger partial charge < -0.3 is 19.9 Å². The maximum absolute atomic E-state index is 13.6. The molecule has 0 unspecified atom stereocenters. The Morgan fingerprint density at radius 3 is 2.61 bits per heavy atom. The Hall–Kier alpha value is -3.15. The molecule has 3 aromatic rings. The standard InChI is InChI=1S/C26H32ClFN8O2/c1-2-38-23(37)16-35-11-9-34(10-12-35)15-18-5-7-36(8-6-18)26-29-14-22-24(33-26)25(31-17-30-22)32-19-3-4-21(28)20(27)13-19/h3-4,13-14,17-18H,2,5-12,15-16H2,1H3,(H,30,31,32). The van der Waals surface area contributed by atoms with Gasteiger partial charge in [0.1, 0.15) is 23.2 Å². The van der Waals surface area contributed by atoms with Crippen LogP contribution in [0.25, 0.3) is 11.0 Å². The van der Waals surface area contributed by atoms with Crippen LogP contribution in [0.5, 0.6) is 0 Å². The van der Waals surface area contributed by atoms with Gasteiger partial charge >= 0.3 is 5.97 Å². The number of esters is 1. The zero-order valence-electron chi connectivity index (χ0n) is 21.4. The Balaban J connectivity index is 1.16. The Morgan fingerprint density at radius 1 is 1.11 bits per heavy atom. The SMILES string of the molecule is CCOC(=O)CN1CCN(CC2CCN(c3ncc4ncnc(Nc5ccc(F)c(Cl)c5)c4n3)CC2)CC1. The number of fused-ring (bicyclic) bond motifs is 1. The van der Waals surface area contributed by atoms with E-state index in [1.807, 2.05) is 6.92 Å². The van der Waals surface area contributed by atoms with Crippen molar-refractivity contribution < 1.29 is 13.9 Å². The smallest absolute Gasteiger partial charge is 0.320 e. The first-order valence-electron chi connectivity index (χ1n) is 13.0. The highest BCUT2D eigenvalue weighted by atomic mass is 35.5. The topological polar surface area (TPSA) is 99.6 Å². The van der Waals surface area contributed by atoms with Crippen LogP contribution in [0.4, 0.5) is 21.8 Å². The van der Waals surface area contributed by atoms with Crippen molar-refractivity contribution in [1.82, 2.24) is 29.7 Å². The molecule has 12 heteroatoms. The van der Waals surface area contributed by atoms with Crippen LogP contribution >= 0.6 is 11.6 Å². The average Bonchev–Trinajstić information content (AvgIpc) is 2.92. The zero-order valence-corrected chi connectivity index (χ0v) is 22.2. The number of nitrogens with zero attached hydrogens (tertiary/aromatic N) is 7. The van der Waals surface area contributed by atoms with E-state index < -0.39 is 5.82 Å². The third kappa shape index (κ3) is 6.46. The Labute approximate surface area is 226 Å². The van der Waals surface area contributed by atoms with Crippen LogP contribution in [0.2, 0.25) is 5.02 Å². The fourth-order valence-corrected chi connectivity index (χ4v) is 5.18. The van der Waals surface area contributed by atoms with Gasteiger partial charge in [0.15, 0.2) is 5.82 Å². The predicted molar refractivity (Wildman–Crippen MR) is 144 cm³/mol. The summed E-state index contributed by atoms with van der Waals surface area (Å²) in [5, 5.41) is 3.20. The molecule has 38 heavy (non-hydrogen) atoms. The van der Waals surface area contributed by atoms with E-state index in [4.69, 9.17) is 21.3 Å². The molecule has 0 amide bonds. The molecule has 2 saturated heterocycles. The first-order chi connectivity index (χ1) is 18.5. The van der Waals surface area contributed by atoms with E-state index in [-0.39, 0.29) is 11.0 Å². The maximum Gasteiger partial charge on any atom is 0.320 e. The van der Waals surface area contributed by atoms with Crippen LogP contribution in [-0.4, -0.2) is 94.7 Å². The monoisotopic (exact) mass is 542 g/mol. The van der Waals surface area contributed by atoms with Gasteiger partial charge in [-0.3, -0.25) is 9.69 Å². The fourth-order valence-electron chi connectivity index (χ4n) is 5.00. The van der Waals surface area contributed by atoms with Gasteiger partial charge in [-0.15, -0.1) is 0 Å². The molecule has 1 aromatic carbocycles. The van der Waals surface area contributed by atoms with Crippen LogP contribution < -0.4 is 10.2 Å². The molecule has 0 bridgehead atoms. The number of hydrogen-bond donors (Lipinski definition) is 1. The van der Waals surface area contributed by atoms with Crippen LogP contribution in [0, 0.1) is 11.7 Å². The lowest BCUT2D eigenvalue weighted by Crippen LogP contribution is -2.50. The third-order valence-corrected chi connectivity index (χ3v) is 7.37. The highest BCUT2D eigenvalue weighted by Crippen LogP contribution is 2.27. The van der Waals surface area contributed by atoms with E-state index in [2.05, 4.69) is 35.0 Å². The molecule has 0 aliphatic carbocycles. The summed E-state index contributed by atoms with van der Waals surface area (Å²) >= 11 is 5.93. The maximum atomic E-state index is 13.6. The zero-order chi connectivity index (χ0) is 26.5. The molecule has 5 rings (SSSR count). The highest BCUT2D eigenvalue weighted by molar-refractivity contribution is 6.31. The highest BCUT2D eigenvalue weighted by Gasteiger charge is 2.26. The first-order valence-corrected chi connectivity index (χ1v) is 13.4. The minimum Gasteiger partial charge on any atom is -0.465 e. The third-order valence-electron chi connectivity index (χ3n) is 7.08. The molecule has 202 valence electrons. The van der Waals surface area contributed by atoms with Crippen molar-refractivity contribution in [2.75, 3.05) is 69.2 Å². The molecule has 0 saturated carbocycles. The van der Waals surface area contributed by atoms with Gasteiger partial charge in [0, 0.05) is 51.5 Å². The number of ether oxygens (including phenoxy) is 1. The Morgan fingerprint density at radius 2 is 1.87 bits per heavy atom. The Bertz CT molecular complexity index is 1270. The van der Waals surface area contributed by atoms with Gasteiger partial charge in [0.2, 0.25) is 5.95 Å². The number of hydrogen-bond acceptors (Lipinski definition) is 10. The van der Waals surface area contributed by atoms with Gasteiger partial charge in [0.05, 0.1) is 24.4 Å². The molecule has 2 aliphatic rings. The van der Waals surface area contributed by atoms with Gasteiger partial charge in [-0.25, -0.2) is 24.3 Å². The lowest BCUT2D eigenvalue weighted by Gasteiger charge is -2.38. The van der Waals surface area contributed by atoms with E-state index >= 15 is 0 Å². The van der Waals surface area contributed by atoms with Crippen molar-refractivity contribution in [2.45, 2.75) is 19.8 Å². The van der Waals surface area contributed by atoms with Gasteiger partial charge in [-0.1, -0.05) is 11.6 Å². The lowest BCUT2D eigenvalue weighted by molar-refractivity contribution is -0.144. The lowest BCUT2D eigenvalue weighted by atomic mass is 9.96. The van der Waals surface area contributed by atoms with Crippen molar-refractivity contribution in [2.24, 2.45) is 5.92 Å². The number of benzene rings is 1. The summed E-state index contributed by atoms with van der Waals surface area (Å²) in [6.07, 6.45) is 5.29. The van der Waals surface area contributed by atoms with Gasteiger partial charge in [-0.05, 0) is 43.9 Å². The van der Waals surface area contributed by atoms with E-state index in [0.29, 0.717) is 47.6 Å². The summed E-state index contributed by atoms with van der Waals surface area (Å²) in [5.41, 5.74) is 1.83. The normalized spacial score (nSPS) is 17.6. The van der Waals surface area contributed by atoms with E-state index in [1.165, 1.54) is 18.5 Å². The van der Waals surface area contributed by atoms with Crippen molar-refractivity contribution in [3.05, 3.63) is 41.6 Å². The van der Waals surface area contributed by atoms with Crippen molar-refractivity contribution in [3.8, 4) is 0 Å². The number of aromatic nitrogens is 4. The van der Waals surface area contributed by atoms with E-state index in [9.17, 15) is 9.18 Å². The predicted octanol–water partition coefficient (Wildman–Crippen LogP) is 3.35. The second kappa shape index (κ2) is 12.1. The first kappa shape index (κ1) is 26.5. The number of carbonyl (C=O) groups is 1. The quantitative estimate of drug-likeness (QED) is 0.426. The number of anilines is 3. The number of rotatable bonds is 8. The van der Waals surface area contributed by atoms with Gasteiger partial charge in [-0.2, -0.15) is 0 Å². The molecule has 1 N–H and O–H groups in total. The average molecular weight is 543 g/mol. The summed E-state index contributed by atoms with van der Waals surface area (Å²) in [4.78, 5) is 36.6. The minimum atomic E-state index is -0.478. The number of carbonyl (C=O) groups excluding carboxylic acids is 1. The number of piperidine rings is 1. The summed E-state index contributed by atoms with van der Waals surface area (Å²) in [7, 11) is 0. The van der Waals surface area contributed by atoms with Crippen LogP contribution in [0.15, 0.2) is 30.7 Å². The molecule has 2 aromatic heterocycles. The molecule has 0 spiro atoms. The summed E-state index contributed by atoms with van der Waals surface area (Å²) in [6.45, 7) is 9.21. The molecule has 10 nitrogen and oxygen atoms in total. The Kier molecular flexibility index (Phi) is 8.45. The summed E-state index contributed by atoms with van der Waals surface area (Å²) < 4.78 is 18.6.